The first-order chi connectivity index (χ1) is 15.5. The Morgan fingerprint density at radius 3 is 2.62 bits per heavy atom. The molecule has 0 spiro atoms. The van der Waals surface area contributed by atoms with Crippen molar-refractivity contribution >= 4 is 23.6 Å². The Kier molecular flexibility index (Phi) is 6.22. The van der Waals surface area contributed by atoms with Crippen molar-refractivity contribution < 1.29 is 19.1 Å². The van der Waals surface area contributed by atoms with Crippen LogP contribution in [0.1, 0.15) is 16.7 Å². The summed E-state index contributed by atoms with van der Waals surface area (Å²) in [6, 6.07) is 22.4. The summed E-state index contributed by atoms with van der Waals surface area (Å²) in [5.74, 6) is 0.708. The molecule has 0 bridgehead atoms. The molecule has 32 heavy (non-hydrogen) atoms. The van der Waals surface area contributed by atoms with Crippen molar-refractivity contribution in [1.29, 1.82) is 0 Å². The molecule has 162 valence electrons. The lowest BCUT2D eigenvalue weighted by atomic mass is 10.1. The van der Waals surface area contributed by atoms with Crippen LogP contribution in [-0.2, 0) is 16.1 Å². The Morgan fingerprint density at radius 2 is 1.84 bits per heavy atom. The van der Waals surface area contributed by atoms with Gasteiger partial charge in [-0.1, -0.05) is 54.1 Å². The quantitative estimate of drug-likeness (QED) is 0.601. The maximum Gasteiger partial charge on any atom is 0.294 e. The van der Waals surface area contributed by atoms with E-state index in [0.717, 1.165) is 16.7 Å². The fourth-order valence-electron chi connectivity index (χ4n) is 3.41. The zero-order chi connectivity index (χ0) is 22.5. The number of para-hydroxylation sites is 2. The van der Waals surface area contributed by atoms with Gasteiger partial charge in [-0.05, 0) is 48.4 Å². The van der Waals surface area contributed by atoms with Crippen LogP contribution >= 0.6 is 0 Å². The molecule has 3 aromatic rings. The minimum atomic E-state index is -0.378. The lowest BCUT2D eigenvalue weighted by Crippen LogP contribution is -2.44. The fraction of sp³-hybridized carbons (Fsp3) is 0.154. The second-order valence-corrected chi connectivity index (χ2v) is 7.51. The van der Waals surface area contributed by atoms with Gasteiger partial charge in [-0.15, -0.1) is 0 Å². The predicted molar refractivity (Wildman–Crippen MR) is 123 cm³/mol. The Hall–Kier alpha value is -4.06. The SMILES string of the molecule is COc1cccc(C=C2Oc3ccccc3N(CC(=O)NCc3ccc(C)cc3)C2=O)c1. The number of ether oxygens (including phenoxy) is 2. The largest absolute Gasteiger partial charge is 0.497 e. The standard InChI is InChI=1S/C26H24N2O4/c1-18-10-12-19(13-11-18)16-27-25(29)17-28-22-8-3-4-9-23(22)32-24(26(28)30)15-20-6-5-7-21(14-20)31-2/h3-15H,16-17H2,1-2H3,(H,27,29). The average molecular weight is 428 g/mol. The van der Waals surface area contributed by atoms with Crippen LogP contribution in [0.3, 0.4) is 0 Å². The zero-order valence-corrected chi connectivity index (χ0v) is 18.0. The molecule has 0 radical (unpaired) electrons. The van der Waals surface area contributed by atoms with E-state index in [1.54, 1.807) is 25.3 Å². The third-order valence-electron chi connectivity index (χ3n) is 5.14. The maximum atomic E-state index is 13.2. The van der Waals surface area contributed by atoms with E-state index in [2.05, 4.69) is 5.32 Å². The van der Waals surface area contributed by atoms with Crippen molar-refractivity contribution in [3.05, 3.63) is 95.2 Å². The molecule has 0 unspecified atom stereocenters. The van der Waals surface area contributed by atoms with Gasteiger partial charge in [0.1, 0.15) is 12.3 Å². The molecule has 0 saturated carbocycles. The molecule has 2 amide bonds. The highest BCUT2D eigenvalue weighted by Crippen LogP contribution is 2.35. The Labute approximate surface area is 187 Å². The molecule has 4 rings (SSSR count). The first-order valence-corrected chi connectivity index (χ1v) is 10.3. The number of nitrogens with zero attached hydrogens (tertiary/aromatic N) is 1. The van der Waals surface area contributed by atoms with Crippen LogP contribution in [0.15, 0.2) is 78.6 Å². The van der Waals surface area contributed by atoms with Crippen molar-refractivity contribution in [3.8, 4) is 11.5 Å². The van der Waals surface area contributed by atoms with E-state index in [1.165, 1.54) is 4.90 Å². The van der Waals surface area contributed by atoms with Gasteiger partial charge in [-0.3, -0.25) is 14.5 Å². The molecule has 0 atom stereocenters. The highest BCUT2D eigenvalue weighted by atomic mass is 16.5. The van der Waals surface area contributed by atoms with Crippen molar-refractivity contribution in [2.75, 3.05) is 18.6 Å². The summed E-state index contributed by atoms with van der Waals surface area (Å²) in [5, 5.41) is 2.89. The summed E-state index contributed by atoms with van der Waals surface area (Å²) in [7, 11) is 1.59. The molecular formula is C26H24N2O4. The highest BCUT2D eigenvalue weighted by molar-refractivity contribution is 6.12. The highest BCUT2D eigenvalue weighted by Gasteiger charge is 2.31. The number of benzene rings is 3. The Morgan fingerprint density at radius 1 is 1.06 bits per heavy atom. The normalized spacial score (nSPS) is 14.0. The molecule has 3 aromatic carbocycles. The van der Waals surface area contributed by atoms with Crippen LogP contribution in [0.2, 0.25) is 0 Å². The first kappa shape index (κ1) is 21.2. The molecule has 6 heteroatoms. The third kappa shape index (κ3) is 4.81. The molecule has 1 aliphatic rings. The van der Waals surface area contributed by atoms with Gasteiger partial charge in [0.2, 0.25) is 5.91 Å². The molecule has 0 fully saturated rings. The fourth-order valence-corrected chi connectivity index (χ4v) is 3.41. The molecule has 0 aromatic heterocycles. The number of nitrogens with one attached hydrogen (secondary N) is 1. The van der Waals surface area contributed by atoms with Gasteiger partial charge in [-0.2, -0.15) is 0 Å². The second-order valence-electron chi connectivity index (χ2n) is 7.51. The Bertz CT molecular complexity index is 1170. The number of hydrogen-bond donors (Lipinski definition) is 1. The Balaban J connectivity index is 1.54. The van der Waals surface area contributed by atoms with Crippen LogP contribution in [0.4, 0.5) is 5.69 Å². The maximum absolute atomic E-state index is 13.2. The van der Waals surface area contributed by atoms with E-state index >= 15 is 0 Å². The summed E-state index contributed by atoms with van der Waals surface area (Å²) in [4.78, 5) is 27.3. The summed E-state index contributed by atoms with van der Waals surface area (Å²) in [6.07, 6.45) is 1.65. The second kappa shape index (κ2) is 9.39. The predicted octanol–water partition coefficient (Wildman–Crippen LogP) is 4.09. The lowest BCUT2D eigenvalue weighted by Gasteiger charge is -2.30. The lowest BCUT2D eigenvalue weighted by molar-refractivity contribution is -0.123. The van der Waals surface area contributed by atoms with Crippen LogP contribution < -0.4 is 19.7 Å². The van der Waals surface area contributed by atoms with Gasteiger partial charge < -0.3 is 14.8 Å². The van der Waals surface area contributed by atoms with Crippen molar-refractivity contribution in [2.24, 2.45) is 0 Å². The molecule has 1 aliphatic heterocycles. The third-order valence-corrected chi connectivity index (χ3v) is 5.14. The molecule has 1 N–H and O–H groups in total. The van der Waals surface area contributed by atoms with Crippen molar-refractivity contribution in [3.63, 3.8) is 0 Å². The monoisotopic (exact) mass is 428 g/mol. The average Bonchev–Trinajstić information content (AvgIpc) is 2.81. The number of rotatable bonds is 6. The van der Waals surface area contributed by atoms with Gasteiger partial charge >= 0.3 is 0 Å². The van der Waals surface area contributed by atoms with Crippen LogP contribution in [0.5, 0.6) is 11.5 Å². The number of anilines is 1. The van der Waals surface area contributed by atoms with Gasteiger partial charge in [0.05, 0.1) is 12.8 Å². The van der Waals surface area contributed by atoms with E-state index in [1.807, 2.05) is 67.6 Å². The number of hydrogen-bond acceptors (Lipinski definition) is 4. The van der Waals surface area contributed by atoms with E-state index in [4.69, 9.17) is 9.47 Å². The number of fused-ring (bicyclic) bond motifs is 1. The minimum Gasteiger partial charge on any atom is -0.497 e. The molecule has 0 aliphatic carbocycles. The number of aryl methyl sites for hydroxylation is 1. The van der Waals surface area contributed by atoms with E-state index in [0.29, 0.717) is 23.7 Å². The number of methoxy groups -OCH3 is 1. The zero-order valence-electron chi connectivity index (χ0n) is 18.0. The van der Waals surface area contributed by atoms with E-state index < -0.39 is 0 Å². The number of carbonyl (C=O) groups is 2. The van der Waals surface area contributed by atoms with Gasteiger partial charge in [0.15, 0.2) is 11.5 Å². The molecule has 1 heterocycles. The van der Waals surface area contributed by atoms with Crippen LogP contribution in [0, 0.1) is 6.92 Å². The first-order valence-electron chi connectivity index (χ1n) is 10.3. The molecular weight excluding hydrogens is 404 g/mol. The topological polar surface area (TPSA) is 67.9 Å². The van der Waals surface area contributed by atoms with E-state index in [-0.39, 0.29) is 24.1 Å². The number of amides is 2. The molecule has 0 saturated heterocycles. The van der Waals surface area contributed by atoms with Gasteiger partial charge in [0, 0.05) is 6.54 Å². The van der Waals surface area contributed by atoms with Gasteiger partial charge in [-0.25, -0.2) is 0 Å². The smallest absolute Gasteiger partial charge is 0.294 e. The molecule has 6 nitrogen and oxygen atoms in total. The number of carbonyl (C=O) groups excluding carboxylic acids is 2. The van der Waals surface area contributed by atoms with Crippen LogP contribution in [0.25, 0.3) is 6.08 Å². The summed E-state index contributed by atoms with van der Waals surface area (Å²) >= 11 is 0. The van der Waals surface area contributed by atoms with Crippen molar-refractivity contribution in [2.45, 2.75) is 13.5 Å². The summed E-state index contributed by atoms with van der Waals surface area (Å²) in [5.41, 5.74) is 3.48. The summed E-state index contributed by atoms with van der Waals surface area (Å²) < 4.78 is 11.1. The van der Waals surface area contributed by atoms with Crippen LogP contribution in [-0.4, -0.2) is 25.5 Å². The van der Waals surface area contributed by atoms with Gasteiger partial charge in [0.25, 0.3) is 5.91 Å². The van der Waals surface area contributed by atoms with E-state index in [9.17, 15) is 9.59 Å². The van der Waals surface area contributed by atoms with Crippen molar-refractivity contribution in [1.82, 2.24) is 5.32 Å². The summed E-state index contributed by atoms with van der Waals surface area (Å²) in [6.45, 7) is 2.30. The minimum absolute atomic E-state index is 0.111.